The lowest BCUT2D eigenvalue weighted by atomic mass is 9.77. The average molecular weight is 376 g/mol. The first-order valence-corrected chi connectivity index (χ1v) is 9.55. The van der Waals surface area contributed by atoms with Crippen LogP contribution in [0.4, 0.5) is 0 Å². The maximum Gasteiger partial charge on any atom is 0.324 e. The maximum atomic E-state index is 12.7. The van der Waals surface area contributed by atoms with Crippen molar-refractivity contribution in [3.63, 3.8) is 0 Å². The van der Waals surface area contributed by atoms with Crippen molar-refractivity contribution in [3.8, 4) is 0 Å². The molecule has 1 aromatic carbocycles. The number of carbonyl (C=O) groups is 3. The van der Waals surface area contributed by atoms with Crippen molar-refractivity contribution in [2.45, 2.75) is 58.2 Å². The number of hydrogen-bond donors (Lipinski definition) is 0. The van der Waals surface area contributed by atoms with Crippen molar-refractivity contribution in [2.75, 3.05) is 13.2 Å². The monoisotopic (exact) mass is 376 g/mol. The minimum Gasteiger partial charge on any atom is -0.465 e. The Bertz CT molecular complexity index is 609. The summed E-state index contributed by atoms with van der Waals surface area (Å²) in [5, 5.41) is 0. The highest BCUT2D eigenvalue weighted by Gasteiger charge is 2.50. The van der Waals surface area contributed by atoms with Crippen LogP contribution in [-0.4, -0.2) is 37.5 Å². The van der Waals surface area contributed by atoms with Crippen LogP contribution in [0.15, 0.2) is 30.3 Å². The Morgan fingerprint density at radius 3 is 2.30 bits per heavy atom. The predicted molar refractivity (Wildman–Crippen MR) is 98.9 cm³/mol. The molecule has 0 bridgehead atoms. The minimum absolute atomic E-state index is 0.0761. The number of carbonyl (C=O) groups excluding carboxylic acids is 3. The number of benzene rings is 1. The van der Waals surface area contributed by atoms with Gasteiger partial charge in [0.25, 0.3) is 0 Å². The van der Waals surface area contributed by atoms with Crippen LogP contribution in [0.1, 0.15) is 57.6 Å². The van der Waals surface area contributed by atoms with E-state index in [0.29, 0.717) is 12.7 Å². The van der Waals surface area contributed by atoms with E-state index >= 15 is 0 Å². The second-order valence-electron chi connectivity index (χ2n) is 6.69. The SMILES string of the molecule is CCOC(=O)C(CC=O)(C[C@@H]1CCC[C@@H](c2ccccc2)O1)C(=O)OCC. The van der Waals surface area contributed by atoms with Crippen molar-refractivity contribution < 1.29 is 28.6 Å². The summed E-state index contributed by atoms with van der Waals surface area (Å²) in [6.07, 6.45) is 2.44. The Balaban J connectivity index is 2.23. The van der Waals surface area contributed by atoms with Gasteiger partial charge in [0, 0.05) is 12.8 Å². The van der Waals surface area contributed by atoms with Gasteiger partial charge < -0.3 is 19.0 Å². The molecule has 0 aliphatic carbocycles. The summed E-state index contributed by atoms with van der Waals surface area (Å²) in [4.78, 5) is 36.6. The van der Waals surface area contributed by atoms with Crippen LogP contribution in [0.5, 0.6) is 0 Å². The van der Waals surface area contributed by atoms with Gasteiger partial charge in [0.2, 0.25) is 0 Å². The van der Waals surface area contributed by atoms with Crippen molar-refractivity contribution in [2.24, 2.45) is 5.41 Å². The molecule has 1 heterocycles. The van der Waals surface area contributed by atoms with Crippen LogP contribution < -0.4 is 0 Å². The number of esters is 2. The van der Waals surface area contributed by atoms with Gasteiger partial charge in [-0.15, -0.1) is 0 Å². The molecule has 0 aromatic heterocycles. The highest BCUT2D eigenvalue weighted by Crippen LogP contribution is 2.39. The van der Waals surface area contributed by atoms with Crippen LogP contribution in [0.3, 0.4) is 0 Å². The molecule has 6 heteroatoms. The quantitative estimate of drug-likeness (QED) is 0.373. The standard InChI is InChI=1S/C21H28O6/c1-3-25-19(23)21(13-14-22,20(24)26-4-2)15-17-11-8-12-18(27-17)16-9-6-5-7-10-16/h5-7,9-10,14,17-18H,3-4,8,11-13,15H2,1-2H3/t17-,18-/m0/s1. The molecule has 1 saturated heterocycles. The lowest BCUT2D eigenvalue weighted by Gasteiger charge is -2.36. The van der Waals surface area contributed by atoms with Crippen molar-refractivity contribution in [1.29, 1.82) is 0 Å². The molecule has 0 N–H and O–H groups in total. The topological polar surface area (TPSA) is 78.9 Å². The fourth-order valence-corrected chi connectivity index (χ4v) is 3.53. The van der Waals surface area contributed by atoms with E-state index in [-0.39, 0.29) is 38.3 Å². The third-order valence-corrected chi connectivity index (χ3v) is 4.86. The molecular formula is C21H28O6. The smallest absolute Gasteiger partial charge is 0.324 e. The summed E-state index contributed by atoms with van der Waals surface area (Å²) >= 11 is 0. The molecule has 1 aliphatic rings. The Labute approximate surface area is 160 Å². The summed E-state index contributed by atoms with van der Waals surface area (Å²) in [5.74, 6) is -1.44. The zero-order valence-electron chi connectivity index (χ0n) is 16.0. The predicted octanol–water partition coefficient (Wildman–Crippen LogP) is 3.39. The molecule has 1 aromatic rings. The fraction of sp³-hybridized carbons (Fsp3) is 0.571. The van der Waals surface area contributed by atoms with Crippen LogP contribution in [0.25, 0.3) is 0 Å². The summed E-state index contributed by atoms with van der Waals surface area (Å²) < 4.78 is 16.5. The minimum atomic E-state index is -1.66. The summed E-state index contributed by atoms with van der Waals surface area (Å²) in [5.41, 5.74) is -0.591. The molecule has 0 amide bonds. The number of hydrogen-bond acceptors (Lipinski definition) is 6. The lowest BCUT2D eigenvalue weighted by Crippen LogP contribution is -2.46. The number of ether oxygens (including phenoxy) is 3. The maximum absolute atomic E-state index is 12.7. The highest BCUT2D eigenvalue weighted by atomic mass is 16.6. The normalized spacial score (nSPS) is 19.9. The van der Waals surface area contributed by atoms with E-state index in [1.807, 2.05) is 30.3 Å². The average Bonchev–Trinajstić information content (AvgIpc) is 2.69. The third kappa shape index (κ3) is 5.16. The van der Waals surface area contributed by atoms with Gasteiger partial charge in [-0.05, 0) is 38.7 Å². The molecule has 0 spiro atoms. The van der Waals surface area contributed by atoms with Gasteiger partial charge in [-0.2, -0.15) is 0 Å². The molecule has 0 unspecified atom stereocenters. The second-order valence-corrected chi connectivity index (χ2v) is 6.69. The van der Waals surface area contributed by atoms with E-state index < -0.39 is 17.4 Å². The summed E-state index contributed by atoms with van der Waals surface area (Å²) in [7, 11) is 0. The van der Waals surface area contributed by atoms with Crippen LogP contribution in [-0.2, 0) is 28.6 Å². The molecule has 6 nitrogen and oxygen atoms in total. The first kappa shape index (κ1) is 21.1. The van der Waals surface area contributed by atoms with Crippen LogP contribution >= 0.6 is 0 Å². The molecule has 2 atom stereocenters. The Morgan fingerprint density at radius 2 is 1.74 bits per heavy atom. The molecule has 0 radical (unpaired) electrons. The highest BCUT2D eigenvalue weighted by molar-refractivity contribution is 6.02. The first-order chi connectivity index (χ1) is 13.1. The van der Waals surface area contributed by atoms with E-state index in [4.69, 9.17) is 14.2 Å². The molecule has 1 fully saturated rings. The Morgan fingerprint density at radius 1 is 1.11 bits per heavy atom. The Kier molecular flexibility index (Phi) is 7.98. The van der Waals surface area contributed by atoms with E-state index in [9.17, 15) is 14.4 Å². The zero-order valence-corrected chi connectivity index (χ0v) is 16.0. The molecule has 0 saturated carbocycles. The van der Waals surface area contributed by atoms with Crippen LogP contribution in [0, 0.1) is 5.41 Å². The van der Waals surface area contributed by atoms with Crippen molar-refractivity contribution >= 4 is 18.2 Å². The largest absolute Gasteiger partial charge is 0.465 e. The van der Waals surface area contributed by atoms with Crippen molar-refractivity contribution in [1.82, 2.24) is 0 Å². The van der Waals surface area contributed by atoms with Crippen molar-refractivity contribution in [3.05, 3.63) is 35.9 Å². The van der Waals surface area contributed by atoms with E-state index in [2.05, 4.69) is 0 Å². The second kappa shape index (κ2) is 10.2. The fourth-order valence-electron chi connectivity index (χ4n) is 3.53. The number of rotatable bonds is 9. The molecule has 27 heavy (non-hydrogen) atoms. The van der Waals surface area contributed by atoms with Gasteiger partial charge in [0.15, 0.2) is 5.41 Å². The van der Waals surface area contributed by atoms with Gasteiger partial charge in [0.1, 0.15) is 6.29 Å². The van der Waals surface area contributed by atoms with E-state index in [1.54, 1.807) is 13.8 Å². The summed E-state index contributed by atoms with van der Waals surface area (Å²) in [6, 6.07) is 9.86. The summed E-state index contributed by atoms with van der Waals surface area (Å²) in [6.45, 7) is 3.57. The van der Waals surface area contributed by atoms with E-state index in [1.165, 1.54) is 0 Å². The third-order valence-electron chi connectivity index (χ3n) is 4.86. The van der Waals surface area contributed by atoms with Gasteiger partial charge in [-0.25, -0.2) is 0 Å². The van der Waals surface area contributed by atoms with Gasteiger partial charge in [-0.3, -0.25) is 9.59 Å². The Hall–Kier alpha value is -2.21. The zero-order chi connectivity index (χ0) is 19.7. The van der Waals surface area contributed by atoms with Gasteiger partial charge >= 0.3 is 11.9 Å². The molecule has 1 aliphatic heterocycles. The van der Waals surface area contributed by atoms with E-state index in [0.717, 1.165) is 18.4 Å². The van der Waals surface area contributed by atoms with Crippen LogP contribution in [0.2, 0.25) is 0 Å². The number of aldehydes is 1. The molecule has 148 valence electrons. The van der Waals surface area contributed by atoms with Gasteiger partial charge in [0.05, 0.1) is 25.4 Å². The van der Waals surface area contributed by atoms with Gasteiger partial charge in [-0.1, -0.05) is 30.3 Å². The molecule has 2 rings (SSSR count). The molecular weight excluding hydrogens is 348 g/mol. The lowest BCUT2D eigenvalue weighted by molar-refractivity contribution is -0.178. The first-order valence-electron chi connectivity index (χ1n) is 9.55.